The van der Waals surface area contributed by atoms with Crippen molar-refractivity contribution in [3.05, 3.63) is 42.4 Å². The monoisotopic (exact) mass is 401 g/mol. The molecule has 0 spiro atoms. The number of hydrogen-bond acceptors (Lipinski definition) is 7. The highest BCUT2D eigenvalue weighted by Crippen LogP contribution is 2.25. The Morgan fingerprint density at radius 2 is 1.93 bits per heavy atom. The average molecular weight is 401 g/mol. The van der Waals surface area contributed by atoms with E-state index >= 15 is 0 Å². The van der Waals surface area contributed by atoms with Gasteiger partial charge in [0.15, 0.2) is 5.65 Å². The molecule has 3 heterocycles. The van der Waals surface area contributed by atoms with Crippen molar-refractivity contribution in [3.63, 3.8) is 0 Å². The van der Waals surface area contributed by atoms with Gasteiger partial charge in [-0.1, -0.05) is 12.1 Å². The molecular weight excluding hydrogens is 378 g/mol. The van der Waals surface area contributed by atoms with Gasteiger partial charge in [0.25, 0.3) is 0 Å². The van der Waals surface area contributed by atoms with Gasteiger partial charge < -0.3 is 10.1 Å². The van der Waals surface area contributed by atoms with E-state index in [0.29, 0.717) is 17.9 Å². The molecule has 1 N–H and O–H groups in total. The summed E-state index contributed by atoms with van der Waals surface area (Å²) in [5.74, 6) is 0.703. The number of rotatable bonds is 6. The zero-order chi connectivity index (χ0) is 19.6. The van der Waals surface area contributed by atoms with Gasteiger partial charge in [0, 0.05) is 6.26 Å². The van der Waals surface area contributed by atoms with Crippen LogP contribution in [-0.4, -0.2) is 59.4 Å². The van der Waals surface area contributed by atoms with Gasteiger partial charge in [-0.25, -0.2) is 23.1 Å². The summed E-state index contributed by atoms with van der Waals surface area (Å²) in [5, 5.41) is 8.56. The van der Waals surface area contributed by atoms with Crippen molar-refractivity contribution in [1.29, 1.82) is 0 Å². The Morgan fingerprint density at radius 3 is 2.64 bits per heavy atom. The van der Waals surface area contributed by atoms with Crippen LogP contribution < -0.4 is 10.1 Å². The third-order valence-corrected chi connectivity index (χ3v) is 5.78. The summed E-state index contributed by atoms with van der Waals surface area (Å²) >= 11 is 0. The van der Waals surface area contributed by atoms with Gasteiger partial charge in [-0.05, 0) is 50.0 Å². The molecule has 0 bridgehead atoms. The number of piperidine rings is 1. The van der Waals surface area contributed by atoms with E-state index in [-0.39, 0.29) is 11.9 Å². The van der Waals surface area contributed by atoms with Crippen molar-refractivity contribution in [3.8, 4) is 11.6 Å². The minimum atomic E-state index is -2.97. The van der Waals surface area contributed by atoms with Gasteiger partial charge in [0.05, 0.1) is 17.6 Å². The van der Waals surface area contributed by atoms with Gasteiger partial charge in [0.2, 0.25) is 5.88 Å². The summed E-state index contributed by atoms with van der Waals surface area (Å²) in [6, 6.07) is 7.67. The second-order valence-corrected chi connectivity index (χ2v) is 9.35. The zero-order valence-corrected chi connectivity index (χ0v) is 16.5. The quantitative estimate of drug-likeness (QED) is 0.669. The highest BCUT2D eigenvalue weighted by atomic mass is 32.2. The molecule has 8 nitrogen and oxygen atoms in total. The fourth-order valence-corrected chi connectivity index (χ4v) is 3.89. The molecule has 0 radical (unpaired) electrons. The molecule has 9 heteroatoms. The van der Waals surface area contributed by atoms with Crippen LogP contribution in [0.1, 0.15) is 18.4 Å². The smallest absolute Gasteiger partial charge is 0.228 e. The highest BCUT2D eigenvalue weighted by molar-refractivity contribution is 7.90. The molecule has 0 aliphatic carbocycles. The molecule has 1 fully saturated rings. The first kappa shape index (κ1) is 18.8. The van der Waals surface area contributed by atoms with E-state index in [9.17, 15) is 8.42 Å². The molecule has 1 aromatic carbocycles. The lowest BCUT2D eigenvalue weighted by molar-refractivity contribution is 0.158. The Bertz CT molecular complexity index is 1060. The predicted molar refractivity (Wildman–Crippen MR) is 107 cm³/mol. The second kappa shape index (κ2) is 7.84. The Hall–Kier alpha value is -2.52. The summed E-state index contributed by atoms with van der Waals surface area (Å²) in [6.45, 7) is 1.90. The van der Waals surface area contributed by atoms with E-state index < -0.39 is 9.84 Å². The number of aryl methyl sites for hydroxylation is 1. The molecule has 3 aromatic rings. The lowest BCUT2D eigenvalue weighted by Gasteiger charge is -2.23. The normalized spacial score (nSPS) is 15.8. The van der Waals surface area contributed by atoms with Crippen LogP contribution >= 0.6 is 0 Å². The standard InChI is InChI=1S/C19H23N5O3S/c1-28(25,26)11-8-14-2-4-15(5-3-14)24-18-17(12-23-24)19(22-13-21-18)27-16-6-9-20-10-7-16/h2-5,12-13,16,20H,6-11H2,1H3. The van der Waals surface area contributed by atoms with Crippen LogP contribution in [0.25, 0.3) is 16.7 Å². The lowest BCUT2D eigenvalue weighted by atomic mass is 10.1. The van der Waals surface area contributed by atoms with E-state index in [0.717, 1.165) is 42.6 Å². The van der Waals surface area contributed by atoms with E-state index in [1.807, 2.05) is 24.3 Å². The fraction of sp³-hybridized carbons (Fsp3) is 0.421. The SMILES string of the molecule is CS(=O)(=O)CCc1ccc(-n2ncc3c(OC4CCNCC4)ncnc32)cc1. The van der Waals surface area contributed by atoms with Crippen molar-refractivity contribution >= 4 is 20.9 Å². The van der Waals surface area contributed by atoms with Crippen LogP contribution in [0, 0.1) is 0 Å². The molecule has 0 unspecified atom stereocenters. The highest BCUT2D eigenvalue weighted by Gasteiger charge is 2.18. The first-order valence-electron chi connectivity index (χ1n) is 9.33. The molecule has 2 aromatic heterocycles. The van der Waals surface area contributed by atoms with E-state index in [1.54, 1.807) is 10.9 Å². The number of sulfone groups is 1. The Kier molecular flexibility index (Phi) is 5.27. The van der Waals surface area contributed by atoms with E-state index in [1.165, 1.54) is 12.6 Å². The number of ether oxygens (including phenoxy) is 1. The van der Waals surface area contributed by atoms with Crippen LogP contribution in [0.5, 0.6) is 5.88 Å². The Labute approximate surface area is 163 Å². The first-order chi connectivity index (χ1) is 13.5. The van der Waals surface area contributed by atoms with Crippen molar-refractivity contribution in [2.24, 2.45) is 0 Å². The molecule has 0 saturated carbocycles. The number of hydrogen-bond donors (Lipinski definition) is 1. The second-order valence-electron chi connectivity index (χ2n) is 7.09. The molecule has 1 saturated heterocycles. The maximum absolute atomic E-state index is 11.3. The molecule has 1 aliphatic rings. The summed E-state index contributed by atoms with van der Waals surface area (Å²) in [5.41, 5.74) is 2.50. The zero-order valence-electron chi connectivity index (χ0n) is 15.7. The van der Waals surface area contributed by atoms with Crippen LogP contribution in [0.15, 0.2) is 36.8 Å². The molecule has 1 aliphatic heterocycles. The van der Waals surface area contributed by atoms with Gasteiger partial charge >= 0.3 is 0 Å². The van der Waals surface area contributed by atoms with E-state index in [4.69, 9.17) is 4.74 Å². The van der Waals surface area contributed by atoms with Crippen LogP contribution in [0.3, 0.4) is 0 Å². The van der Waals surface area contributed by atoms with Crippen molar-refractivity contribution in [2.75, 3.05) is 25.1 Å². The molecule has 148 valence electrons. The molecule has 28 heavy (non-hydrogen) atoms. The van der Waals surface area contributed by atoms with Gasteiger partial charge in [-0.15, -0.1) is 0 Å². The van der Waals surface area contributed by atoms with Gasteiger partial charge in [-0.2, -0.15) is 5.10 Å². The van der Waals surface area contributed by atoms with E-state index in [2.05, 4.69) is 20.4 Å². The van der Waals surface area contributed by atoms with Crippen LogP contribution in [0.4, 0.5) is 0 Å². The third kappa shape index (κ3) is 4.31. The number of fused-ring (bicyclic) bond motifs is 1. The molecular formula is C19H23N5O3S. The molecule has 0 amide bonds. The van der Waals surface area contributed by atoms with Crippen molar-refractivity contribution < 1.29 is 13.2 Å². The first-order valence-corrected chi connectivity index (χ1v) is 11.4. The van der Waals surface area contributed by atoms with Gasteiger partial charge in [-0.3, -0.25) is 0 Å². The van der Waals surface area contributed by atoms with Crippen LogP contribution in [0.2, 0.25) is 0 Å². The maximum atomic E-state index is 11.3. The summed E-state index contributed by atoms with van der Waals surface area (Å²) < 4.78 is 30.5. The Morgan fingerprint density at radius 1 is 1.18 bits per heavy atom. The van der Waals surface area contributed by atoms with Crippen molar-refractivity contribution in [2.45, 2.75) is 25.4 Å². The number of benzene rings is 1. The topological polar surface area (TPSA) is 99.0 Å². The largest absolute Gasteiger partial charge is 0.474 e. The molecule has 0 atom stereocenters. The maximum Gasteiger partial charge on any atom is 0.228 e. The van der Waals surface area contributed by atoms with Gasteiger partial charge in [0.1, 0.15) is 27.7 Å². The summed E-state index contributed by atoms with van der Waals surface area (Å²) in [4.78, 5) is 8.69. The number of aromatic nitrogens is 4. The minimum absolute atomic E-state index is 0.141. The summed E-state index contributed by atoms with van der Waals surface area (Å²) in [7, 11) is -2.97. The molecule has 4 rings (SSSR count). The minimum Gasteiger partial charge on any atom is -0.474 e. The van der Waals surface area contributed by atoms with Crippen molar-refractivity contribution in [1.82, 2.24) is 25.1 Å². The predicted octanol–water partition coefficient (Wildman–Crippen LogP) is 1.53. The third-order valence-electron chi connectivity index (χ3n) is 4.84. The Balaban J connectivity index is 1.56. The number of nitrogens with one attached hydrogen (secondary N) is 1. The summed E-state index contributed by atoms with van der Waals surface area (Å²) in [6.07, 6.45) is 7.02. The van der Waals surface area contributed by atoms with Crippen LogP contribution in [-0.2, 0) is 16.3 Å². The lowest BCUT2D eigenvalue weighted by Crippen LogP contribution is -2.34. The fourth-order valence-electron chi connectivity index (χ4n) is 3.28. The number of nitrogens with zero attached hydrogens (tertiary/aromatic N) is 4. The average Bonchev–Trinajstić information content (AvgIpc) is 3.12.